The molecule has 202 valence electrons. The van der Waals surface area contributed by atoms with Crippen molar-refractivity contribution in [2.75, 3.05) is 26.3 Å². The van der Waals surface area contributed by atoms with Crippen LogP contribution in [0.3, 0.4) is 0 Å². The fourth-order valence-electron chi connectivity index (χ4n) is 3.38. The number of benzene rings is 2. The first kappa shape index (κ1) is 29.8. The average Bonchev–Trinajstić information content (AvgIpc) is 2.89. The highest BCUT2D eigenvalue weighted by Gasteiger charge is 2.19. The predicted molar refractivity (Wildman–Crippen MR) is 142 cm³/mol. The van der Waals surface area contributed by atoms with Crippen LogP contribution in [0, 0.1) is 5.41 Å². The molecule has 0 aliphatic rings. The maximum absolute atomic E-state index is 13.1. The van der Waals surface area contributed by atoms with Crippen molar-refractivity contribution in [1.82, 2.24) is 4.90 Å². The lowest BCUT2D eigenvalue weighted by Gasteiger charge is -2.22. The molecule has 0 fully saturated rings. The van der Waals surface area contributed by atoms with Crippen molar-refractivity contribution >= 4 is 35.7 Å². The maximum atomic E-state index is 13.1. The van der Waals surface area contributed by atoms with E-state index in [4.69, 9.17) is 25.4 Å². The van der Waals surface area contributed by atoms with Crippen LogP contribution in [0.2, 0.25) is 0 Å². The van der Waals surface area contributed by atoms with Crippen LogP contribution in [0.5, 0.6) is 5.75 Å². The Morgan fingerprint density at radius 2 is 1.34 bits per heavy atom. The van der Waals surface area contributed by atoms with Crippen molar-refractivity contribution < 1.29 is 33.4 Å². The van der Waals surface area contributed by atoms with Crippen molar-refractivity contribution in [3.05, 3.63) is 70.8 Å². The lowest BCUT2D eigenvalue weighted by Crippen LogP contribution is -2.35. The van der Waals surface area contributed by atoms with Gasteiger partial charge in [0.05, 0.1) is 31.6 Å². The standard InChI is InChI=1S/C28H33N3O7/c1-4-36-24(32)14-16-31(17-15-25(33)37-5-2)27(34)19(3)18-20-6-8-22(9-7-20)28(35)38-23-12-10-21(11-13-23)26(29)30/h6-13,18H,4-5,14-17H2,1-3H3,(H3,29,30). The van der Waals surface area contributed by atoms with E-state index in [1.54, 1.807) is 75.4 Å². The van der Waals surface area contributed by atoms with Gasteiger partial charge in [-0.05, 0) is 68.8 Å². The van der Waals surface area contributed by atoms with Crippen LogP contribution in [0.25, 0.3) is 6.08 Å². The molecule has 3 N–H and O–H groups in total. The van der Waals surface area contributed by atoms with Gasteiger partial charge in [0.15, 0.2) is 0 Å². The van der Waals surface area contributed by atoms with Crippen LogP contribution in [-0.4, -0.2) is 60.9 Å². The van der Waals surface area contributed by atoms with E-state index in [-0.39, 0.29) is 50.9 Å². The predicted octanol–water partition coefficient (Wildman–Crippen LogP) is 3.33. The highest BCUT2D eigenvalue weighted by atomic mass is 16.5. The van der Waals surface area contributed by atoms with Crippen LogP contribution in [0.15, 0.2) is 54.1 Å². The minimum Gasteiger partial charge on any atom is -0.466 e. The van der Waals surface area contributed by atoms with E-state index < -0.39 is 17.9 Å². The molecule has 0 bridgehead atoms. The van der Waals surface area contributed by atoms with Gasteiger partial charge in [0.25, 0.3) is 0 Å². The van der Waals surface area contributed by atoms with Crippen LogP contribution < -0.4 is 10.5 Å². The molecule has 1 amide bonds. The molecule has 0 radical (unpaired) electrons. The van der Waals surface area contributed by atoms with Gasteiger partial charge in [-0.15, -0.1) is 0 Å². The largest absolute Gasteiger partial charge is 0.466 e. The minimum atomic E-state index is -0.562. The molecule has 10 nitrogen and oxygen atoms in total. The molecule has 2 aromatic rings. The SMILES string of the molecule is CCOC(=O)CCN(CCC(=O)OCC)C(=O)C(C)=Cc1ccc(C(=O)Oc2ccc(C(=N)N)cc2)cc1. The van der Waals surface area contributed by atoms with E-state index in [0.29, 0.717) is 28.0 Å². The number of hydrogen-bond acceptors (Lipinski definition) is 8. The molecule has 2 aromatic carbocycles. The summed E-state index contributed by atoms with van der Waals surface area (Å²) in [6.45, 7) is 5.71. The van der Waals surface area contributed by atoms with Gasteiger partial charge in [0.2, 0.25) is 5.91 Å². The third-order valence-corrected chi connectivity index (χ3v) is 5.31. The molecule has 0 unspecified atom stereocenters. The molecule has 0 aliphatic carbocycles. The fraction of sp³-hybridized carbons (Fsp3) is 0.321. The third kappa shape index (κ3) is 9.53. The van der Waals surface area contributed by atoms with Crippen molar-refractivity contribution in [2.24, 2.45) is 5.73 Å². The number of carbonyl (C=O) groups is 4. The maximum Gasteiger partial charge on any atom is 0.343 e. The summed E-state index contributed by atoms with van der Waals surface area (Å²) in [4.78, 5) is 50.6. The molecule has 38 heavy (non-hydrogen) atoms. The van der Waals surface area contributed by atoms with E-state index in [2.05, 4.69) is 0 Å². The molecule has 0 saturated heterocycles. The first-order valence-corrected chi connectivity index (χ1v) is 12.2. The number of nitrogen functional groups attached to an aromatic ring is 1. The summed E-state index contributed by atoms with van der Waals surface area (Å²) >= 11 is 0. The summed E-state index contributed by atoms with van der Waals surface area (Å²) in [5, 5.41) is 7.41. The quantitative estimate of drug-likeness (QED) is 0.133. The number of rotatable bonds is 13. The molecule has 0 saturated carbocycles. The molecule has 0 aliphatic heterocycles. The number of amides is 1. The molecule has 2 rings (SSSR count). The Balaban J connectivity index is 2.07. The first-order valence-electron chi connectivity index (χ1n) is 12.2. The zero-order valence-corrected chi connectivity index (χ0v) is 21.8. The van der Waals surface area contributed by atoms with Gasteiger partial charge in [0.1, 0.15) is 11.6 Å². The summed E-state index contributed by atoms with van der Waals surface area (Å²) in [6, 6.07) is 12.8. The Bertz CT molecular complexity index is 1150. The summed E-state index contributed by atoms with van der Waals surface area (Å²) in [5.74, 6) is -1.53. The molecular weight excluding hydrogens is 490 g/mol. The van der Waals surface area contributed by atoms with E-state index >= 15 is 0 Å². The topological polar surface area (TPSA) is 149 Å². The number of esters is 3. The number of hydrogen-bond donors (Lipinski definition) is 2. The Labute approximate surface area is 221 Å². The van der Waals surface area contributed by atoms with Crippen LogP contribution >= 0.6 is 0 Å². The third-order valence-electron chi connectivity index (χ3n) is 5.31. The highest BCUT2D eigenvalue weighted by Crippen LogP contribution is 2.16. The van der Waals surface area contributed by atoms with Gasteiger partial charge in [-0.3, -0.25) is 19.8 Å². The van der Waals surface area contributed by atoms with Gasteiger partial charge in [-0.1, -0.05) is 12.1 Å². The molecule has 0 atom stereocenters. The Morgan fingerprint density at radius 3 is 1.82 bits per heavy atom. The Hall–Kier alpha value is -4.47. The highest BCUT2D eigenvalue weighted by molar-refractivity contribution is 5.98. The lowest BCUT2D eigenvalue weighted by atomic mass is 10.1. The monoisotopic (exact) mass is 523 g/mol. The molecule has 10 heteroatoms. The molecule has 0 heterocycles. The van der Waals surface area contributed by atoms with E-state index in [9.17, 15) is 19.2 Å². The summed E-state index contributed by atoms with van der Waals surface area (Å²) < 4.78 is 15.2. The number of ether oxygens (including phenoxy) is 3. The van der Waals surface area contributed by atoms with E-state index in [0.717, 1.165) is 0 Å². The number of nitrogens with two attached hydrogens (primary N) is 1. The van der Waals surface area contributed by atoms with Crippen LogP contribution in [-0.2, 0) is 23.9 Å². The van der Waals surface area contributed by atoms with E-state index in [1.165, 1.54) is 4.90 Å². The van der Waals surface area contributed by atoms with Gasteiger partial charge >= 0.3 is 17.9 Å². The number of nitrogens with one attached hydrogen (secondary N) is 1. The second-order valence-electron chi connectivity index (χ2n) is 8.18. The number of amidine groups is 1. The smallest absolute Gasteiger partial charge is 0.343 e. The molecular formula is C28H33N3O7. The number of carbonyl (C=O) groups excluding carboxylic acids is 4. The zero-order valence-electron chi connectivity index (χ0n) is 21.8. The van der Waals surface area contributed by atoms with Crippen LogP contribution in [0.1, 0.15) is 55.1 Å². The fourth-order valence-corrected chi connectivity index (χ4v) is 3.38. The average molecular weight is 524 g/mol. The Kier molecular flexibility index (Phi) is 11.7. The molecule has 0 aromatic heterocycles. The van der Waals surface area contributed by atoms with Gasteiger partial charge < -0.3 is 24.8 Å². The summed E-state index contributed by atoms with van der Waals surface area (Å²) in [5.41, 5.74) is 7.32. The summed E-state index contributed by atoms with van der Waals surface area (Å²) in [6.07, 6.45) is 1.66. The second-order valence-corrected chi connectivity index (χ2v) is 8.18. The lowest BCUT2D eigenvalue weighted by molar-refractivity contribution is -0.144. The summed E-state index contributed by atoms with van der Waals surface area (Å²) in [7, 11) is 0. The van der Waals surface area contributed by atoms with Crippen molar-refractivity contribution in [2.45, 2.75) is 33.6 Å². The van der Waals surface area contributed by atoms with Crippen molar-refractivity contribution in [3.8, 4) is 5.75 Å². The normalized spacial score (nSPS) is 10.9. The number of nitrogens with zero attached hydrogens (tertiary/aromatic N) is 1. The van der Waals surface area contributed by atoms with Gasteiger partial charge in [-0.2, -0.15) is 0 Å². The van der Waals surface area contributed by atoms with Gasteiger partial charge in [-0.25, -0.2) is 4.79 Å². The van der Waals surface area contributed by atoms with Crippen molar-refractivity contribution in [3.63, 3.8) is 0 Å². The first-order chi connectivity index (χ1) is 18.1. The Morgan fingerprint density at radius 1 is 0.842 bits per heavy atom. The molecule has 0 spiro atoms. The second kappa shape index (κ2) is 14.9. The van der Waals surface area contributed by atoms with Crippen LogP contribution in [0.4, 0.5) is 0 Å². The van der Waals surface area contributed by atoms with E-state index in [1.807, 2.05) is 0 Å². The minimum absolute atomic E-state index is 0.00394. The zero-order chi connectivity index (χ0) is 28.1. The van der Waals surface area contributed by atoms with Crippen molar-refractivity contribution in [1.29, 1.82) is 5.41 Å². The van der Waals surface area contributed by atoms with Gasteiger partial charge in [0, 0.05) is 24.2 Å².